The van der Waals surface area contributed by atoms with Crippen LogP contribution >= 0.6 is 0 Å². The summed E-state index contributed by atoms with van der Waals surface area (Å²) < 4.78 is 17.5. The van der Waals surface area contributed by atoms with E-state index in [9.17, 15) is 0 Å². The molecule has 2 aromatic rings. The quantitative estimate of drug-likeness (QED) is 0.478. The zero-order valence-electron chi connectivity index (χ0n) is 19.3. The maximum Gasteiger partial charge on any atom is 0.142 e. The lowest BCUT2D eigenvalue weighted by Crippen LogP contribution is -2.49. The van der Waals surface area contributed by atoms with E-state index in [0.29, 0.717) is 19.8 Å². The van der Waals surface area contributed by atoms with E-state index in [1.54, 1.807) is 7.11 Å². The Bertz CT molecular complexity index is 833. The summed E-state index contributed by atoms with van der Waals surface area (Å²) in [5, 5.41) is 0. The first kappa shape index (κ1) is 23.2. The number of hydrogen-bond acceptors (Lipinski definition) is 5. The second-order valence-electron chi connectivity index (χ2n) is 8.07. The summed E-state index contributed by atoms with van der Waals surface area (Å²) in [6, 6.07) is 17.0. The van der Waals surface area contributed by atoms with Crippen molar-refractivity contribution in [2.45, 2.75) is 32.9 Å². The predicted molar refractivity (Wildman–Crippen MR) is 127 cm³/mol. The summed E-state index contributed by atoms with van der Waals surface area (Å²) in [6.07, 6.45) is 0. The number of methoxy groups -OCH3 is 1. The van der Waals surface area contributed by atoms with E-state index in [1.807, 2.05) is 25.1 Å². The lowest BCUT2D eigenvalue weighted by atomic mass is 10.0. The highest BCUT2D eigenvalue weighted by atomic mass is 16.5. The van der Waals surface area contributed by atoms with Crippen molar-refractivity contribution in [2.24, 2.45) is 0 Å². The minimum absolute atomic E-state index is 0.125. The van der Waals surface area contributed by atoms with Gasteiger partial charge < -0.3 is 19.1 Å². The molecule has 1 aliphatic heterocycles. The monoisotopic (exact) mass is 424 g/mol. The van der Waals surface area contributed by atoms with Crippen molar-refractivity contribution in [3.63, 3.8) is 0 Å². The van der Waals surface area contributed by atoms with Gasteiger partial charge in [-0.05, 0) is 49.8 Å². The maximum atomic E-state index is 6.16. The minimum Gasteiger partial charge on any atom is -0.497 e. The highest BCUT2D eigenvalue weighted by Crippen LogP contribution is 2.39. The van der Waals surface area contributed by atoms with Crippen LogP contribution in [0.25, 0.3) is 0 Å². The fraction of sp³-hybridized carbons (Fsp3) is 0.462. The molecule has 0 N–H and O–H groups in total. The van der Waals surface area contributed by atoms with Crippen LogP contribution in [-0.2, 0) is 4.74 Å². The fourth-order valence-corrected chi connectivity index (χ4v) is 4.18. The van der Waals surface area contributed by atoms with Crippen LogP contribution < -0.4 is 14.4 Å². The van der Waals surface area contributed by atoms with E-state index in [2.05, 4.69) is 60.6 Å². The van der Waals surface area contributed by atoms with Gasteiger partial charge in [-0.3, -0.25) is 4.90 Å². The Hall–Kier alpha value is -2.50. The van der Waals surface area contributed by atoms with E-state index in [-0.39, 0.29) is 12.1 Å². The van der Waals surface area contributed by atoms with Gasteiger partial charge in [0.2, 0.25) is 0 Å². The molecule has 5 nitrogen and oxygen atoms in total. The van der Waals surface area contributed by atoms with Gasteiger partial charge in [0.15, 0.2) is 0 Å². The highest BCUT2D eigenvalue weighted by molar-refractivity contribution is 5.61. The third-order valence-corrected chi connectivity index (χ3v) is 5.84. The summed E-state index contributed by atoms with van der Waals surface area (Å²) in [4.78, 5) is 4.95. The molecule has 0 aromatic heterocycles. The summed E-state index contributed by atoms with van der Waals surface area (Å²) in [5.41, 5.74) is 3.40. The van der Waals surface area contributed by atoms with Crippen molar-refractivity contribution in [1.29, 1.82) is 0 Å². The lowest BCUT2D eigenvalue weighted by molar-refractivity contribution is 0.0757. The van der Waals surface area contributed by atoms with Crippen molar-refractivity contribution in [2.75, 3.05) is 51.5 Å². The van der Waals surface area contributed by atoms with Gasteiger partial charge in [0.05, 0.1) is 38.1 Å². The standard InChI is InChI=1S/C26H36N2O3/c1-6-27(7-2)22(18-30-17-20(3)4)16-28-24-10-8-9-11-26(24)31-19-25(28)21-12-14-23(29-5)15-13-21/h8-15,22,25H,3,6-7,16-19H2,1-2,4-5H3. The maximum absolute atomic E-state index is 6.16. The molecule has 2 aromatic carbocycles. The largest absolute Gasteiger partial charge is 0.497 e. The number of nitrogens with zero attached hydrogens (tertiary/aromatic N) is 2. The molecule has 3 rings (SSSR count). The van der Waals surface area contributed by atoms with E-state index in [4.69, 9.17) is 14.2 Å². The third kappa shape index (κ3) is 5.81. The van der Waals surface area contributed by atoms with Gasteiger partial charge >= 0.3 is 0 Å². The summed E-state index contributed by atoms with van der Waals surface area (Å²) in [7, 11) is 1.70. The first-order valence-electron chi connectivity index (χ1n) is 11.2. The molecule has 31 heavy (non-hydrogen) atoms. The van der Waals surface area contributed by atoms with Gasteiger partial charge in [-0.25, -0.2) is 0 Å². The van der Waals surface area contributed by atoms with E-state index in [0.717, 1.165) is 42.4 Å². The molecule has 0 bridgehead atoms. The predicted octanol–water partition coefficient (Wildman–Crippen LogP) is 4.94. The first-order valence-corrected chi connectivity index (χ1v) is 11.2. The van der Waals surface area contributed by atoms with Crippen LogP contribution in [0.3, 0.4) is 0 Å². The lowest BCUT2D eigenvalue weighted by Gasteiger charge is -2.42. The van der Waals surface area contributed by atoms with Gasteiger partial charge in [0.25, 0.3) is 0 Å². The fourth-order valence-electron chi connectivity index (χ4n) is 4.18. The number of benzene rings is 2. The normalized spacial score (nSPS) is 16.5. The molecule has 0 aliphatic carbocycles. The molecule has 0 saturated heterocycles. The molecule has 5 heteroatoms. The molecule has 0 spiro atoms. The molecule has 2 unspecified atom stereocenters. The Balaban J connectivity index is 1.90. The Labute approximate surface area is 187 Å². The first-order chi connectivity index (χ1) is 15.1. The molecule has 2 atom stereocenters. The van der Waals surface area contributed by atoms with Gasteiger partial charge in [0, 0.05) is 6.54 Å². The van der Waals surface area contributed by atoms with E-state index >= 15 is 0 Å². The second kappa shape index (κ2) is 11.2. The molecular formula is C26H36N2O3. The van der Waals surface area contributed by atoms with Crippen molar-refractivity contribution < 1.29 is 14.2 Å². The smallest absolute Gasteiger partial charge is 0.142 e. The number of rotatable bonds is 11. The van der Waals surface area contributed by atoms with Gasteiger partial charge in [-0.1, -0.05) is 50.3 Å². The number of ether oxygens (including phenoxy) is 3. The summed E-state index contributed by atoms with van der Waals surface area (Å²) in [6.45, 7) is 15.1. The van der Waals surface area contributed by atoms with Crippen molar-refractivity contribution in [3.05, 3.63) is 66.2 Å². The van der Waals surface area contributed by atoms with Crippen molar-refractivity contribution >= 4 is 5.69 Å². The Morgan fingerprint density at radius 2 is 1.87 bits per heavy atom. The van der Waals surface area contributed by atoms with Crippen LogP contribution in [0.2, 0.25) is 0 Å². The van der Waals surface area contributed by atoms with Crippen LogP contribution in [-0.4, -0.2) is 57.5 Å². The number of hydrogen-bond donors (Lipinski definition) is 0. The molecule has 168 valence electrons. The van der Waals surface area contributed by atoms with Crippen molar-refractivity contribution in [3.8, 4) is 11.5 Å². The summed E-state index contributed by atoms with van der Waals surface area (Å²) >= 11 is 0. The topological polar surface area (TPSA) is 34.2 Å². The molecule has 1 heterocycles. The SMILES string of the molecule is C=C(C)COCC(CN1c2ccccc2OCC1c1ccc(OC)cc1)N(CC)CC. The van der Waals surface area contributed by atoms with Crippen LogP contribution in [0.4, 0.5) is 5.69 Å². The Kier molecular flexibility index (Phi) is 8.38. The van der Waals surface area contributed by atoms with Crippen LogP contribution in [0.15, 0.2) is 60.7 Å². The van der Waals surface area contributed by atoms with Gasteiger partial charge in [-0.15, -0.1) is 0 Å². The number of anilines is 1. The molecular weight excluding hydrogens is 388 g/mol. The summed E-state index contributed by atoms with van der Waals surface area (Å²) in [5.74, 6) is 1.80. The van der Waals surface area contributed by atoms with Gasteiger partial charge in [0.1, 0.15) is 18.1 Å². The van der Waals surface area contributed by atoms with Crippen LogP contribution in [0, 0.1) is 0 Å². The highest BCUT2D eigenvalue weighted by Gasteiger charge is 2.32. The molecule has 1 aliphatic rings. The molecule has 0 amide bonds. The van der Waals surface area contributed by atoms with E-state index in [1.165, 1.54) is 5.56 Å². The minimum atomic E-state index is 0.125. The zero-order valence-corrected chi connectivity index (χ0v) is 19.3. The molecule has 0 radical (unpaired) electrons. The average Bonchev–Trinajstić information content (AvgIpc) is 2.79. The van der Waals surface area contributed by atoms with Crippen LogP contribution in [0.5, 0.6) is 11.5 Å². The van der Waals surface area contributed by atoms with Crippen molar-refractivity contribution in [1.82, 2.24) is 4.90 Å². The van der Waals surface area contributed by atoms with E-state index < -0.39 is 0 Å². The number of para-hydroxylation sites is 2. The van der Waals surface area contributed by atoms with Crippen LogP contribution in [0.1, 0.15) is 32.4 Å². The third-order valence-electron chi connectivity index (χ3n) is 5.84. The molecule has 0 saturated carbocycles. The number of fused-ring (bicyclic) bond motifs is 1. The van der Waals surface area contributed by atoms with Gasteiger partial charge in [-0.2, -0.15) is 0 Å². The Morgan fingerprint density at radius 3 is 2.52 bits per heavy atom. The average molecular weight is 425 g/mol. The second-order valence-corrected chi connectivity index (χ2v) is 8.07. The number of likely N-dealkylation sites (N-methyl/N-ethyl adjacent to an activating group) is 1. The zero-order chi connectivity index (χ0) is 22.2. The Morgan fingerprint density at radius 1 is 1.16 bits per heavy atom. The molecule has 0 fully saturated rings.